The van der Waals surface area contributed by atoms with Crippen LogP contribution in [0.2, 0.25) is 5.02 Å². The number of rotatable bonds is 5. The Morgan fingerprint density at radius 2 is 2.00 bits per heavy atom. The number of Topliss-reactive ketones (excluding diaryl/α,β-unsaturated/α-hetero) is 1. The molecule has 0 amide bonds. The van der Waals surface area contributed by atoms with Crippen LogP contribution in [0.5, 0.6) is 0 Å². The average molecular weight is 417 g/mol. The number of carbonyl (C=O) groups excluding carboxylic acids is 2. The third-order valence-electron chi connectivity index (χ3n) is 4.09. The molecule has 28 heavy (non-hydrogen) atoms. The summed E-state index contributed by atoms with van der Waals surface area (Å²) in [5.41, 5.74) is 0.789. The Morgan fingerprint density at radius 3 is 2.68 bits per heavy atom. The number of nitrogens with zero attached hydrogens (tertiary/aromatic N) is 2. The summed E-state index contributed by atoms with van der Waals surface area (Å²) >= 11 is 7.18. The van der Waals surface area contributed by atoms with Gasteiger partial charge in [0.25, 0.3) is 0 Å². The van der Waals surface area contributed by atoms with Gasteiger partial charge in [-0.3, -0.25) is 9.59 Å². The first kappa shape index (κ1) is 19.9. The van der Waals surface area contributed by atoms with E-state index in [1.54, 1.807) is 11.9 Å². The topological polar surface area (TPSA) is 70.4 Å². The Hall–Kier alpha value is -2.82. The number of benzene rings is 2. The molecule has 0 aliphatic carbocycles. The van der Waals surface area contributed by atoms with E-state index in [0.29, 0.717) is 5.03 Å². The Bertz CT molecular complexity index is 1010. The van der Waals surface area contributed by atoms with Gasteiger partial charge in [-0.05, 0) is 24.3 Å². The van der Waals surface area contributed by atoms with E-state index in [4.69, 9.17) is 16.3 Å². The van der Waals surface area contributed by atoms with Crippen molar-refractivity contribution in [3.63, 3.8) is 0 Å². The smallest absolute Gasteiger partial charge is 0.310 e. The second-order valence-electron chi connectivity index (χ2n) is 5.88. The zero-order valence-electron chi connectivity index (χ0n) is 14.7. The lowest BCUT2D eigenvalue weighted by atomic mass is 10.1. The monoisotopic (exact) mass is 416 g/mol. The molecule has 0 saturated carbocycles. The van der Waals surface area contributed by atoms with E-state index in [2.05, 4.69) is 0 Å². The quantitative estimate of drug-likeness (QED) is 0.415. The highest BCUT2D eigenvalue weighted by molar-refractivity contribution is 8.03. The zero-order valence-corrected chi connectivity index (χ0v) is 16.3. The van der Waals surface area contributed by atoms with Crippen LogP contribution in [0.3, 0.4) is 0 Å². The number of carbonyl (C=O) groups is 2. The molecule has 0 aromatic heterocycles. The Morgan fingerprint density at radius 1 is 1.25 bits per heavy atom. The number of ketones is 1. The minimum atomic E-state index is -0.807. The lowest BCUT2D eigenvalue weighted by molar-refractivity contribution is -0.146. The van der Waals surface area contributed by atoms with Crippen molar-refractivity contribution in [2.45, 2.75) is 11.3 Å². The molecule has 0 atom stereocenters. The molecule has 8 heteroatoms. The summed E-state index contributed by atoms with van der Waals surface area (Å²) in [4.78, 5) is 27.1. The zero-order chi connectivity index (χ0) is 20.3. The number of halogens is 2. The van der Waals surface area contributed by atoms with Crippen LogP contribution in [0.4, 0.5) is 10.1 Å². The highest BCUT2D eigenvalue weighted by Crippen LogP contribution is 2.46. The maximum absolute atomic E-state index is 13.8. The van der Waals surface area contributed by atoms with Crippen molar-refractivity contribution in [3.05, 3.63) is 69.5 Å². The SMILES string of the molecule is CN1/C(=C(\C#N)C(=O)COC(=O)Cc2c(F)cccc2Cl)Sc2ccccc21. The van der Waals surface area contributed by atoms with Crippen molar-refractivity contribution in [1.29, 1.82) is 5.26 Å². The largest absolute Gasteiger partial charge is 0.457 e. The second-order valence-corrected chi connectivity index (χ2v) is 7.32. The fourth-order valence-corrected chi connectivity index (χ4v) is 4.06. The summed E-state index contributed by atoms with van der Waals surface area (Å²) < 4.78 is 18.7. The van der Waals surface area contributed by atoms with Crippen LogP contribution in [0.1, 0.15) is 5.56 Å². The van der Waals surface area contributed by atoms with Crippen LogP contribution in [-0.4, -0.2) is 25.4 Å². The second kappa shape index (κ2) is 8.46. The molecule has 0 unspecified atom stereocenters. The van der Waals surface area contributed by atoms with Crippen LogP contribution in [0, 0.1) is 17.1 Å². The third-order valence-corrected chi connectivity index (χ3v) is 5.68. The van der Waals surface area contributed by atoms with Crippen LogP contribution in [0.25, 0.3) is 0 Å². The van der Waals surface area contributed by atoms with Crippen molar-refractivity contribution >= 4 is 40.8 Å². The fourth-order valence-electron chi connectivity index (χ4n) is 2.67. The van der Waals surface area contributed by atoms with Crippen molar-refractivity contribution in [2.24, 2.45) is 0 Å². The first-order valence-corrected chi connectivity index (χ1v) is 9.38. The van der Waals surface area contributed by atoms with Gasteiger partial charge >= 0.3 is 5.97 Å². The maximum Gasteiger partial charge on any atom is 0.310 e. The van der Waals surface area contributed by atoms with E-state index < -0.39 is 30.6 Å². The molecule has 0 spiro atoms. The molecule has 0 fully saturated rings. The van der Waals surface area contributed by atoms with Crippen LogP contribution in [0.15, 0.2) is 58.0 Å². The molecular weight excluding hydrogens is 403 g/mol. The number of thioether (sulfide) groups is 1. The van der Waals surface area contributed by atoms with Gasteiger partial charge in [-0.1, -0.05) is 41.6 Å². The number of anilines is 1. The van der Waals surface area contributed by atoms with Gasteiger partial charge < -0.3 is 9.64 Å². The summed E-state index contributed by atoms with van der Waals surface area (Å²) in [7, 11) is 1.75. The van der Waals surface area contributed by atoms with Crippen LogP contribution >= 0.6 is 23.4 Å². The summed E-state index contributed by atoms with van der Waals surface area (Å²) in [5.74, 6) is -2.06. The van der Waals surface area contributed by atoms with Crippen molar-refractivity contribution in [1.82, 2.24) is 0 Å². The molecule has 0 N–H and O–H groups in total. The molecule has 2 aromatic carbocycles. The normalized spacial score (nSPS) is 14.3. The van der Waals surface area contributed by atoms with Crippen LogP contribution < -0.4 is 4.90 Å². The van der Waals surface area contributed by atoms with Gasteiger partial charge in [0.15, 0.2) is 6.61 Å². The van der Waals surface area contributed by atoms with Gasteiger partial charge in [0.2, 0.25) is 5.78 Å². The van der Waals surface area contributed by atoms with Crippen molar-refractivity contribution in [3.8, 4) is 6.07 Å². The van der Waals surface area contributed by atoms with Crippen molar-refractivity contribution in [2.75, 3.05) is 18.6 Å². The van der Waals surface area contributed by atoms with Gasteiger partial charge in [0.1, 0.15) is 22.5 Å². The van der Waals surface area contributed by atoms with E-state index in [1.165, 1.54) is 30.0 Å². The number of nitriles is 1. The number of ether oxygens (including phenoxy) is 1. The van der Waals surface area contributed by atoms with Gasteiger partial charge in [0, 0.05) is 22.5 Å². The first-order chi connectivity index (χ1) is 13.4. The summed E-state index contributed by atoms with van der Waals surface area (Å²) in [6.07, 6.45) is -0.405. The van der Waals surface area contributed by atoms with Gasteiger partial charge in [0.05, 0.1) is 12.1 Å². The fraction of sp³-hybridized carbons (Fsp3) is 0.150. The van der Waals surface area contributed by atoms with Gasteiger partial charge in [-0.2, -0.15) is 5.26 Å². The predicted molar refractivity (Wildman–Crippen MR) is 104 cm³/mol. The number of hydrogen-bond acceptors (Lipinski definition) is 6. The number of esters is 1. The Kier molecular flexibility index (Phi) is 6.02. The highest BCUT2D eigenvalue weighted by Gasteiger charge is 2.28. The van der Waals surface area contributed by atoms with Crippen molar-refractivity contribution < 1.29 is 18.7 Å². The van der Waals surface area contributed by atoms with E-state index in [9.17, 15) is 19.2 Å². The van der Waals surface area contributed by atoms with E-state index >= 15 is 0 Å². The molecule has 142 valence electrons. The lowest BCUT2D eigenvalue weighted by Crippen LogP contribution is -2.20. The molecule has 0 bridgehead atoms. The Labute approximate surface area is 170 Å². The van der Waals surface area contributed by atoms with E-state index in [-0.39, 0.29) is 16.2 Å². The molecule has 3 rings (SSSR count). The maximum atomic E-state index is 13.8. The molecule has 5 nitrogen and oxygen atoms in total. The molecule has 2 aromatic rings. The molecule has 1 heterocycles. The molecule has 0 radical (unpaired) electrons. The summed E-state index contributed by atoms with van der Waals surface area (Å²) in [5, 5.41) is 10.0. The highest BCUT2D eigenvalue weighted by atomic mass is 35.5. The van der Waals surface area contributed by atoms with E-state index in [1.807, 2.05) is 30.3 Å². The molecule has 0 saturated heterocycles. The minimum Gasteiger partial charge on any atom is -0.457 e. The summed E-state index contributed by atoms with van der Waals surface area (Å²) in [6.45, 7) is -0.609. The predicted octanol–water partition coefficient (Wildman–Crippen LogP) is 4.11. The van der Waals surface area contributed by atoms with Gasteiger partial charge in [-0.15, -0.1) is 0 Å². The Balaban J connectivity index is 1.69. The van der Waals surface area contributed by atoms with Crippen LogP contribution in [-0.2, 0) is 20.7 Å². The molecule has 1 aliphatic rings. The first-order valence-electron chi connectivity index (χ1n) is 8.19. The molecular formula is C20H14ClFN2O3S. The van der Waals surface area contributed by atoms with Gasteiger partial charge in [-0.25, -0.2) is 4.39 Å². The number of fused-ring (bicyclic) bond motifs is 1. The lowest BCUT2D eigenvalue weighted by Gasteiger charge is -2.14. The minimum absolute atomic E-state index is 0.00186. The average Bonchev–Trinajstić information content (AvgIpc) is 3.01. The number of para-hydroxylation sites is 1. The third kappa shape index (κ3) is 4.03. The molecule has 1 aliphatic heterocycles. The number of hydrogen-bond donors (Lipinski definition) is 0. The standard InChI is InChI=1S/C20H14ClFN2O3S/c1-24-16-7-2-3-8-18(16)28-20(24)13(10-23)17(25)11-27-19(26)9-12-14(21)5-4-6-15(12)22/h2-8H,9,11H2,1H3/b20-13-. The summed E-state index contributed by atoms with van der Waals surface area (Å²) in [6, 6.07) is 13.5. The van der Waals surface area contributed by atoms with E-state index in [0.717, 1.165) is 10.6 Å².